The van der Waals surface area contributed by atoms with Gasteiger partial charge in [-0.25, -0.2) is 0 Å². The van der Waals surface area contributed by atoms with Crippen molar-refractivity contribution in [2.75, 3.05) is 7.05 Å². The number of hydrogen-bond acceptors (Lipinski definition) is 3. The van der Waals surface area contributed by atoms with E-state index in [4.69, 9.17) is 0 Å². The number of benzene rings is 1. The van der Waals surface area contributed by atoms with Crippen molar-refractivity contribution in [2.24, 2.45) is 0 Å². The van der Waals surface area contributed by atoms with E-state index in [0.29, 0.717) is 12.0 Å². The molecule has 16 heavy (non-hydrogen) atoms. The Morgan fingerprint density at radius 3 is 2.31 bits per heavy atom. The Bertz CT molecular complexity index is 345. The van der Waals surface area contributed by atoms with E-state index in [1.165, 1.54) is 0 Å². The molecule has 88 valence electrons. The smallest absolute Gasteiger partial charge is 0.269 e. The number of rotatable bonds is 5. The molecule has 0 aliphatic carbocycles. The minimum Gasteiger partial charge on any atom is -0.316 e. The Hall–Kier alpha value is -1.42. The average molecular weight is 222 g/mol. The van der Waals surface area contributed by atoms with Gasteiger partial charge in [0.15, 0.2) is 0 Å². The fourth-order valence-corrected chi connectivity index (χ4v) is 1.94. The summed E-state index contributed by atoms with van der Waals surface area (Å²) >= 11 is 0. The first kappa shape index (κ1) is 12.6. The van der Waals surface area contributed by atoms with Gasteiger partial charge in [-0.15, -0.1) is 0 Å². The van der Waals surface area contributed by atoms with Crippen molar-refractivity contribution >= 4 is 5.69 Å². The van der Waals surface area contributed by atoms with Gasteiger partial charge in [0.2, 0.25) is 0 Å². The third kappa shape index (κ3) is 2.79. The molecule has 0 aliphatic rings. The molecule has 2 unspecified atom stereocenters. The molecule has 0 radical (unpaired) electrons. The second kappa shape index (κ2) is 5.61. The maximum Gasteiger partial charge on any atom is 0.269 e. The maximum atomic E-state index is 10.5. The third-order valence-corrected chi connectivity index (χ3v) is 3.04. The summed E-state index contributed by atoms with van der Waals surface area (Å²) in [6.07, 6.45) is 1.04. The molecule has 1 N–H and O–H groups in total. The van der Waals surface area contributed by atoms with Crippen LogP contribution in [0.3, 0.4) is 0 Å². The number of nitrogens with zero attached hydrogens (tertiary/aromatic N) is 1. The van der Waals surface area contributed by atoms with Crippen molar-refractivity contribution in [3.05, 3.63) is 39.9 Å². The molecule has 4 nitrogen and oxygen atoms in total. The molecule has 0 amide bonds. The predicted molar refractivity (Wildman–Crippen MR) is 64.7 cm³/mol. The Morgan fingerprint density at radius 2 is 1.94 bits per heavy atom. The van der Waals surface area contributed by atoms with Gasteiger partial charge >= 0.3 is 0 Å². The molecule has 1 rings (SSSR count). The van der Waals surface area contributed by atoms with Crippen LogP contribution < -0.4 is 5.32 Å². The summed E-state index contributed by atoms with van der Waals surface area (Å²) in [7, 11) is 1.94. The lowest BCUT2D eigenvalue weighted by molar-refractivity contribution is -0.384. The van der Waals surface area contributed by atoms with Crippen LogP contribution in [0.5, 0.6) is 0 Å². The maximum absolute atomic E-state index is 10.5. The van der Waals surface area contributed by atoms with E-state index in [1.807, 2.05) is 19.2 Å². The monoisotopic (exact) mass is 222 g/mol. The number of likely N-dealkylation sites (N-methyl/N-ethyl adjacent to an activating group) is 1. The zero-order valence-corrected chi connectivity index (χ0v) is 9.93. The second-order valence-electron chi connectivity index (χ2n) is 3.94. The molecule has 2 atom stereocenters. The number of nitro groups is 1. The summed E-state index contributed by atoms with van der Waals surface area (Å²) in [4.78, 5) is 10.2. The van der Waals surface area contributed by atoms with Gasteiger partial charge in [0.05, 0.1) is 4.92 Å². The van der Waals surface area contributed by atoms with Gasteiger partial charge in [0.1, 0.15) is 0 Å². The van der Waals surface area contributed by atoms with Crippen molar-refractivity contribution < 1.29 is 4.92 Å². The number of nitrogens with one attached hydrogen (secondary N) is 1. The SMILES string of the molecule is CCC(NC)C(C)c1ccc([N+](=O)[O-])cc1. The van der Waals surface area contributed by atoms with Gasteiger partial charge in [-0.2, -0.15) is 0 Å². The Balaban J connectivity index is 2.84. The van der Waals surface area contributed by atoms with Gasteiger partial charge < -0.3 is 5.32 Å². The highest BCUT2D eigenvalue weighted by Crippen LogP contribution is 2.23. The molecule has 0 aromatic heterocycles. The number of hydrogen-bond donors (Lipinski definition) is 1. The summed E-state index contributed by atoms with van der Waals surface area (Å²) < 4.78 is 0. The highest BCUT2D eigenvalue weighted by Gasteiger charge is 2.16. The van der Waals surface area contributed by atoms with Crippen molar-refractivity contribution in [1.29, 1.82) is 0 Å². The van der Waals surface area contributed by atoms with E-state index in [2.05, 4.69) is 19.2 Å². The molecule has 0 spiro atoms. The van der Waals surface area contributed by atoms with E-state index in [0.717, 1.165) is 12.0 Å². The van der Waals surface area contributed by atoms with Crippen LogP contribution in [0.2, 0.25) is 0 Å². The fourth-order valence-electron chi connectivity index (χ4n) is 1.94. The molecule has 0 saturated heterocycles. The van der Waals surface area contributed by atoms with Crippen LogP contribution in [0.25, 0.3) is 0 Å². The molecule has 0 heterocycles. The van der Waals surface area contributed by atoms with E-state index in [1.54, 1.807) is 12.1 Å². The summed E-state index contributed by atoms with van der Waals surface area (Å²) in [5.41, 5.74) is 1.28. The zero-order valence-electron chi connectivity index (χ0n) is 9.93. The summed E-state index contributed by atoms with van der Waals surface area (Å²) in [5, 5.41) is 13.8. The van der Waals surface area contributed by atoms with Crippen molar-refractivity contribution in [3.63, 3.8) is 0 Å². The van der Waals surface area contributed by atoms with Crippen molar-refractivity contribution in [3.8, 4) is 0 Å². The van der Waals surface area contributed by atoms with Crippen LogP contribution in [-0.4, -0.2) is 18.0 Å². The first-order valence-corrected chi connectivity index (χ1v) is 5.51. The van der Waals surface area contributed by atoms with E-state index >= 15 is 0 Å². The highest BCUT2D eigenvalue weighted by molar-refractivity contribution is 5.34. The van der Waals surface area contributed by atoms with Gasteiger partial charge in [0, 0.05) is 18.2 Å². The Labute approximate surface area is 95.8 Å². The lowest BCUT2D eigenvalue weighted by Gasteiger charge is -2.22. The Morgan fingerprint density at radius 1 is 1.38 bits per heavy atom. The van der Waals surface area contributed by atoms with Crippen LogP contribution in [0.4, 0.5) is 5.69 Å². The summed E-state index contributed by atoms with van der Waals surface area (Å²) in [6, 6.07) is 7.20. The second-order valence-corrected chi connectivity index (χ2v) is 3.94. The highest BCUT2D eigenvalue weighted by atomic mass is 16.6. The summed E-state index contributed by atoms with van der Waals surface area (Å²) in [5.74, 6) is 0.357. The van der Waals surface area contributed by atoms with Gasteiger partial charge in [-0.1, -0.05) is 26.0 Å². The van der Waals surface area contributed by atoms with Crippen molar-refractivity contribution in [1.82, 2.24) is 5.32 Å². The van der Waals surface area contributed by atoms with Crippen LogP contribution in [0.15, 0.2) is 24.3 Å². The van der Waals surface area contributed by atoms with Crippen LogP contribution in [0.1, 0.15) is 31.7 Å². The molecule has 0 bridgehead atoms. The first-order valence-electron chi connectivity index (χ1n) is 5.51. The average Bonchev–Trinajstić information content (AvgIpc) is 2.30. The number of nitro benzene ring substituents is 1. The summed E-state index contributed by atoms with van der Waals surface area (Å²) in [6.45, 7) is 4.26. The van der Waals surface area contributed by atoms with Crippen molar-refractivity contribution in [2.45, 2.75) is 32.2 Å². The molecule has 1 aromatic carbocycles. The number of non-ortho nitro benzene ring substituents is 1. The largest absolute Gasteiger partial charge is 0.316 e. The molecule has 0 saturated carbocycles. The minimum absolute atomic E-state index is 0.147. The zero-order chi connectivity index (χ0) is 12.1. The minimum atomic E-state index is -0.371. The Kier molecular flexibility index (Phi) is 4.43. The molecular weight excluding hydrogens is 204 g/mol. The third-order valence-electron chi connectivity index (χ3n) is 3.04. The molecule has 0 aliphatic heterocycles. The lowest BCUT2D eigenvalue weighted by atomic mass is 9.92. The quantitative estimate of drug-likeness (QED) is 0.615. The van der Waals surface area contributed by atoms with E-state index in [-0.39, 0.29) is 10.6 Å². The van der Waals surface area contributed by atoms with Gasteiger partial charge in [-0.3, -0.25) is 10.1 Å². The van der Waals surface area contributed by atoms with Crippen LogP contribution >= 0.6 is 0 Å². The van der Waals surface area contributed by atoms with E-state index < -0.39 is 0 Å². The first-order chi connectivity index (χ1) is 7.60. The van der Waals surface area contributed by atoms with Gasteiger partial charge in [-0.05, 0) is 24.9 Å². The molecular formula is C12H18N2O2. The molecule has 4 heteroatoms. The van der Waals surface area contributed by atoms with Crippen LogP contribution in [-0.2, 0) is 0 Å². The fraction of sp³-hybridized carbons (Fsp3) is 0.500. The standard InChI is InChI=1S/C12H18N2O2/c1-4-12(13-3)9(2)10-5-7-11(8-6-10)14(15)16/h5-9,12-13H,4H2,1-3H3. The topological polar surface area (TPSA) is 55.2 Å². The molecule has 0 fully saturated rings. The molecule has 1 aromatic rings. The van der Waals surface area contributed by atoms with Gasteiger partial charge in [0.25, 0.3) is 5.69 Å². The van der Waals surface area contributed by atoms with Crippen LogP contribution in [0, 0.1) is 10.1 Å². The predicted octanol–water partition coefficient (Wildman–Crippen LogP) is 2.70. The van der Waals surface area contributed by atoms with E-state index in [9.17, 15) is 10.1 Å². The lowest BCUT2D eigenvalue weighted by Crippen LogP contribution is -2.29. The normalized spacial score (nSPS) is 14.4.